The first-order valence-electron chi connectivity index (χ1n) is 5.84. The molecule has 0 spiro atoms. The van der Waals surface area contributed by atoms with Crippen LogP contribution >= 0.6 is 0 Å². The van der Waals surface area contributed by atoms with Gasteiger partial charge in [-0.2, -0.15) is 0 Å². The summed E-state index contributed by atoms with van der Waals surface area (Å²) in [5.41, 5.74) is 0.908. The number of ether oxygens (including phenoxy) is 1. The number of nitro benzene ring substituents is 1. The van der Waals surface area contributed by atoms with Crippen LogP contribution in [0.1, 0.15) is 5.56 Å². The molecule has 7 nitrogen and oxygen atoms in total. The second kappa shape index (κ2) is 8.04. The van der Waals surface area contributed by atoms with Crippen molar-refractivity contribution < 1.29 is 9.66 Å². The third-order valence-electron chi connectivity index (χ3n) is 2.40. The summed E-state index contributed by atoms with van der Waals surface area (Å²) in [6.45, 7) is 1.69. The average molecular weight is 266 g/mol. The fourth-order valence-corrected chi connectivity index (χ4v) is 1.46. The standard InChI is InChI=1S/C12H18N4O3/c1-13-12(14-6-7-19-2)15-9-10-4-3-5-11(8-10)16(17)18/h3-5,8H,6-7,9H2,1-2H3,(H2,13,14,15). The summed E-state index contributed by atoms with van der Waals surface area (Å²) in [7, 11) is 3.29. The number of nitrogens with one attached hydrogen (secondary N) is 2. The van der Waals surface area contributed by atoms with E-state index in [0.29, 0.717) is 25.7 Å². The van der Waals surface area contributed by atoms with Gasteiger partial charge in [-0.05, 0) is 5.56 Å². The maximum Gasteiger partial charge on any atom is 0.269 e. The van der Waals surface area contributed by atoms with Crippen molar-refractivity contribution in [2.45, 2.75) is 6.54 Å². The Morgan fingerprint density at radius 3 is 2.89 bits per heavy atom. The highest BCUT2D eigenvalue weighted by molar-refractivity contribution is 5.79. The van der Waals surface area contributed by atoms with Gasteiger partial charge in [-0.1, -0.05) is 12.1 Å². The molecule has 0 fully saturated rings. The van der Waals surface area contributed by atoms with Crippen LogP contribution < -0.4 is 10.6 Å². The number of methoxy groups -OCH3 is 1. The predicted molar refractivity (Wildman–Crippen MR) is 73.2 cm³/mol. The minimum atomic E-state index is -0.408. The van der Waals surface area contributed by atoms with Crippen molar-refractivity contribution >= 4 is 11.6 Å². The predicted octanol–water partition coefficient (Wildman–Crippen LogP) is 0.906. The topological polar surface area (TPSA) is 88.8 Å². The highest BCUT2D eigenvalue weighted by atomic mass is 16.6. The molecule has 0 saturated carbocycles. The lowest BCUT2D eigenvalue weighted by atomic mass is 10.2. The maximum atomic E-state index is 10.7. The molecule has 0 bridgehead atoms. The van der Waals surface area contributed by atoms with Gasteiger partial charge in [0, 0.05) is 39.4 Å². The smallest absolute Gasteiger partial charge is 0.269 e. The number of hydrogen-bond donors (Lipinski definition) is 2. The monoisotopic (exact) mass is 266 g/mol. The lowest BCUT2D eigenvalue weighted by Gasteiger charge is -2.11. The Morgan fingerprint density at radius 1 is 1.47 bits per heavy atom. The minimum Gasteiger partial charge on any atom is -0.383 e. The van der Waals surface area contributed by atoms with Gasteiger partial charge in [0.1, 0.15) is 0 Å². The van der Waals surface area contributed by atoms with E-state index in [-0.39, 0.29) is 5.69 Å². The molecule has 104 valence electrons. The molecule has 19 heavy (non-hydrogen) atoms. The van der Waals surface area contributed by atoms with Crippen molar-refractivity contribution in [3.05, 3.63) is 39.9 Å². The zero-order valence-corrected chi connectivity index (χ0v) is 11.0. The fourth-order valence-electron chi connectivity index (χ4n) is 1.46. The quantitative estimate of drug-likeness (QED) is 0.262. The van der Waals surface area contributed by atoms with Crippen LogP contribution in [-0.2, 0) is 11.3 Å². The zero-order valence-electron chi connectivity index (χ0n) is 11.0. The highest BCUT2D eigenvalue weighted by Crippen LogP contribution is 2.12. The number of benzene rings is 1. The molecule has 0 atom stereocenters. The van der Waals surface area contributed by atoms with Gasteiger partial charge in [-0.15, -0.1) is 0 Å². The van der Waals surface area contributed by atoms with Crippen LogP contribution in [0, 0.1) is 10.1 Å². The van der Waals surface area contributed by atoms with E-state index in [2.05, 4.69) is 15.6 Å². The molecule has 0 radical (unpaired) electrons. The second-order valence-electron chi connectivity index (χ2n) is 3.77. The summed E-state index contributed by atoms with van der Waals surface area (Å²) < 4.78 is 4.92. The lowest BCUT2D eigenvalue weighted by molar-refractivity contribution is -0.384. The van der Waals surface area contributed by atoms with Gasteiger partial charge < -0.3 is 15.4 Å². The Morgan fingerprint density at radius 2 is 2.26 bits per heavy atom. The molecular weight excluding hydrogens is 248 g/mol. The summed E-state index contributed by atoms with van der Waals surface area (Å²) in [5.74, 6) is 0.628. The lowest BCUT2D eigenvalue weighted by Crippen LogP contribution is -2.38. The first kappa shape index (κ1) is 14.9. The fraction of sp³-hybridized carbons (Fsp3) is 0.417. The van der Waals surface area contributed by atoms with Crippen molar-refractivity contribution in [2.75, 3.05) is 27.3 Å². The van der Waals surface area contributed by atoms with Gasteiger partial charge in [0.25, 0.3) is 5.69 Å². The number of guanidine groups is 1. The summed E-state index contributed by atoms with van der Waals surface area (Å²) in [5, 5.41) is 16.8. The molecule has 0 aliphatic carbocycles. The molecule has 0 unspecified atom stereocenters. The molecule has 0 aromatic heterocycles. The molecule has 2 N–H and O–H groups in total. The molecular formula is C12H18N4O3. The average Bonchev–Trinajstić information content (AvgIpc) is 2.43. The largest absolute Gasteiger partial charge is 0.383 e. The van der Waals surface area contributed by atoms with E-state index >= 15 is 0 Å². The minimum absolute atomic E-state index is 0.0848. The number of aliphatic imine (C=N–C) groups is 1. The van der Waals surface area contributed by atoms with Crippen molar-refractivity contribution in [3.8, 4) is 0 Å². The van der Waals surface area contributed by atoms with Gasteiger partial charge in [0.05, 0.1) is 11.5 Å². The van der Waals surface area contributed by atoms with Crippen molar-refractivity contribution in [1.82, 2.24) is 10.6 Å². The number of rotatable bonds is 6. The van der Waals surface area contributed by atoms with Gasteiger partial charge in [-0.3, -0.25) is 15.1 Å². The molecule has 0 saturated heterocycles. The molecule has 0 aliphatic rings. The third kappa shape index (κ3) is 5.35. The highest BCUT2D eigenvalue weighted by Gasteiger charge is 2.05. The first-order valence-corrected chi connectivity index (χ1v) is 5.84. The zero-order chi connectivity index (χ0) is 14.1. The number of nitro groups is 1. The maximum absolute atomic E-state index is 10.7. The molecule has 0 amide bonds. The summed E-state index contributed by atoms with van der Waals surface area (Å²) >= 11 is 0. The van der Waals surface area contributed by atoms with Crippen LogP contribution in [-0.4, -0.2) is 38.2 Å². The van der Waals surface area contributed by atoms with E-state index in [1.165, 1.54) is 12.1 Å². The van der Waals surface area contributed by atoms with Gasteiger partial charge in [-0.25, -0.2) is 0 Å². The van der Waals surface area contributed by atoms with Crippen LogP contribution in [0.3, 0.4) is 0 Å². The number of hydrogen-bond acceptors (Lipinski definition) is 4. The Hall–Kier alpha value is -2.15. The Kier molecular flexibility index (Phi) is 6.31. The molecule has 7 heteroatoms. The van der Waals surface area contributed by atoms with E-state index in [4.69, 9.17) is 4.74 Å². The van der Waals surface area contributed by atoms with Crippen LogP contribution in [0.4, 0.5) is 5.69 Å². The Labute approximate surface area is 111 Å². The van der Waals surface area contributed by atoms with Gasteiger partial charge in [0.15, 0.2) is 5.96 Å². The van der Waals surface area contributed by atoms with Crippen molar-refractivity contribution in [1.29, 1.82) is 0 Å². The first-order chi connectivity index (χ1) is 9.17. The van der Waals surface area contributed by atoms with E-state index in [9.17, 15) is 10.1 Å². The van der Waals surface area contributed by atoms with Crippen LogP contribution in [0.2, 0.25) is 0 Å². The Balaban J connectivity index is 2.50. The second-order valence-corrected chi connectivity index (χ2v) is 3.77. The molecule has 1 aromatic carbocycles. The summed E-state index contributed by atoms with van der Waals surface area (Å²) in [6, 6.07) is 6.49. The van der Waals surface area contributed by atoms with Crippen LogP contribution in [0.5, 0.6) is 0 Å². The van der Waals surface area contributed by atoms with Crippen LogP contribution in [0.25, 0.3) is 0 Å². The van der Waals surface area contributed by atoms with Gasteiger partial charge >= 0.3 is 0 Å². The molecule has 1 rings (SSSR count). The van der Waals surface area contributed by atoms with Crippen molar-refractivity contribution in [3.63, 3.8) is 0 Å². The number of nitrogens with zero attached hydrogens (tertiary/aromatic N) is 2. The van der Waals surface area contributed by atoms with Crippen molar-refractivity contribution in [2.24, 2.45) is 4.99 Å². The van der Waals surface area contributed by atoms with E-state index in [1.54, 1.807) is 20.2 Å². The van der Waals surface area contributed by atoms with E-state index < -0.39 is 4.92 Å². The SMILES string of the molecule is CN=C(NCCOC)NCc1cccc([N+](=O)[O-])c1. The summed E-state index contributed by atoms with van der Waals surface area (Å²) in [6.07, 6.45) is 0. The summed E-state index contributed by atoms with van der Waals surface area (Å²) in [4.78, 5) is 14.3. The molecule has 0 aliphatic heterocycles. The number of non-ortho nitro benzene ring substituents is 1. The molecule has 0 heterocycles. The van der Waals surface area contributed by atoms with Crippen LogP contribution in [0.15, 0.2) is 29.3 Å². The molecule has 1 aromatic rings. The normalized spacial score (nSPS) is 11.2. The van der Waals surface area contributed by atoms with Gasteiger partial charge in [0.2, 0.25) is 0 Å². The van der Waals surface area contributed by atoms with E-state index in [0.717, 1.165) is 5.56 Å². The third-order valence-corrected chi connectivity index (χ3v) is 2.40. The Bertz CT molecular complexity index is 448. The van der Waals surface area contributed by atoms with E-state index in [1.807, 2.05) is 6.07 Å².